The fraction of sp³-hybridized carbons (Fsp3) is 0.286. The molecule has 2 aromatic rings. The standard InChI is InChI=1S/C14H17NO/c15-9-3-4-10-16-14-8-7-12-5-1-2-6-13(12)11-14/h1-2,5-8,11H,3-4,9-10,15H2. The van der Waals surface area contributed by atoms with Gasteiger partial charge in [-0.05, 0) is 42.3 Å². The molecule has 0 fully saturated rings. The molecule has 0 saturated heterocycles. The monoisotopic (exact) mass is 215 g/mol. The van der Waals surface area contributed by atoms with Gasteiger partial charge in [0.05, 0.1) is 6.61 Å². The van der Waals surface area contributed by atoms with Crippen molar-refractivity contribution in [3.63, 3.8) is 0 Å². The zero-order chi connectivity index (χ0) is 11.2. The number of benzene rings is 2. The molecule has 0 heterocycles. The third-order valence-electron chi connectivity index (χ3n) is 2.59. The third kappa shape index (κ3) is 2.74. The van der Waals surface area contributed by atoms with Crippen LogP contribution in [0.15, 0.2) is 42.5 Å². The van der Waals surface area contributed by atoms with Crippen LogP contribution >= 0.6 is 0 Å². The smallest absolute Gasteiger partial charge is 0.119 e. The van der Waals surface area contributed by atoms with Crippen LogP contribution in [0, 0.1) is 0 Å². The van der Waals surface area contributed by atoms with Crippen molar-refractivity contribution in [1.82, 2.24) is 0 Å². The highest BCUT2D eigenvalue weighted by Gasteiger charge is 1.96. The van der Waals surface area contributed by atoms with Crippen LogP contribution in [0.1, 0.15) is 12.8 Å². The lowest BCUT2D eigenvalue weighted by Gasteiger charge is -2.06. The summed E-state index contributed by atoms with van der Waals surface area (Å²) in [5, 5.41) is 2.47. The molecule has 0 aliphatic heterocycles. The van der Waals surface area contributed by atoms with Gasteiger partial charge in [0.15, 0.2) is 0 Å². The molecule has 2 heteroatoms. The molecule has 0 amide bonds. The van der Waals surface area contributed by atoms with Gasteiger partial charge < -0.3 is 10.5 Å². The molecule has 2 N–H and O–H groups in total. The third-order valence-corrected chi connectivity index (χ3v) is 2.59. The van der Waals surface area contributed by atoms with Gasteiger partial charge >= 0.3 is 0 Å². The van der Waals surface area contributed by atoms with E-state index in [0.29, 0.717) is 0 Å². The number of hydrogen-bond acceptors (Lipinski definition) is 2. The first-order valence-corrected chi connectivity index (χ1v) is 5.72. The van der Waals surface area contributed by atoms with Gasteiger partial charge in [0, 0.05) is 0 Å². The van der Waals surface area contributed by atoms with Gasteiger partial charge in [0.2, 0.25) is 0 Å². The molecule has 0 unspecified atom stereocenters. The normalized spacial score (nSPS) is 10.6. The molecule has 0 aliphatic carbocycles. The Balaban J connectivity index is 2.02. The molecule has 0 saturated carbocycles. The van der Waals surface area contributed by atoms with Crippen molar-refractivity contribution in [1.29, 1.82) is 0 Å². The number of ether oxygens (including phenoxy) is 1. The number of unbranched alkanes of at least 4 members (excludes halogenated alkanes) is 1. The molecule has 0 radical (unpaired) electrons. The second kappa shape index (κ2) is 5.52. The fourth-order valence-corrected chi connectivity index (χ4v) is 1.69. The Morgan fingerprint density at radius 3 is 2.56 bits per heavy atom. The number of hydrogen-bond donors (Lipinski definition) is 1. The van der Waals surface area contributed by atoms with Crippen LogP contribution in [0.3, 0.4) is 0 Å². The molecular formula is C14H17NO. The zero-order valence-electron chi connectivity index (χ0n) is 9.36. The lowest BCUT2D eigenvalue weighted by atomic mass is 10.1. The van der Waals surface area contributed by atoms with E-state index in [2.05, 4.69) is 24.3 Å². The Kier molecular flexibility index (Phi) is 3.78. The first-order valence-electron chi connectivity index (χ1n) is 5.72. The maximum atomic E-state index is 5.66. The summed E-state index contributed by atoms with van der Waals surface area (Å²) in [5.74, 6) is 0.940. The van der Waals surface area contributed by atoms with E-state index >= 15 is 0 Å². The van der Waals surface area contributed by atoms with E-state index in [1.54, 1.807) is 0 Å². The van der Waals surface area contributed by atoms with Gasteiger partial charge in [-0.3, -0.25) is 0 Å². The average molecular weight is 215 g/mol. The van der Waals surface area contributed by atoms with Crippen molar-refractivity contribution in [3.05, 3.63) is 42.5 Å². The van der Waals surface area contributed by atoms with Crippen LogP contribution in [0.4, 0.5) is 0 Å². The summed E-state index contributed by atoms with van der Waals surface area (Å²) in [6, 6.07) is 14.5. The summed E-state index contributed by atoms with van der Waals surface area (Å²) >= 11 is 0. The zero-order valence-corrected chi connectivity index (χ0v) is 9.36. The van der Waals surface area contributed by atoms with Crippen molar-refractivity contribution in [2.24, 2.45) is 5.73 Å². The van der Waals surface area contributed by atoms with Crippen molar-refractivity contribution >= 4 is 10.8 Å². The van der Waals surface area contributed by atoms with Gasteiger partial charge in [0.25, 0.3) is 0 Å². The van der Waals surface area contributed by atoms with Crippen LogP contribution in [-0.4, -0.2) is 13.2 Å². The van der Waals surface area contributed by atoms with Crippen LogP contribution in [0.2, 0.25) is 0 Å². The van der Waals surface area contributed by atoms with E-state index in [-0.39, 0.29) is 0 Å². The molecule has 0 bridgehead atoms. The first-order chi connectivity index (χ1) is 7.90. The Morgan fingerprint density at radius 2 is 1.75 bits per heavy atom. The molecule has 2 rings (SSSR count). The predicted molar refractivity (Wildman–Crippen MR) is 67.7 cm³/mol. The van der Waals surface area contributed by atoms with Gasteiger partial charge in [-0.15, -0.1) is 0 Å². The van der Waals surface area contributed by atoms with Crippen LogP contribution in [0.5, 0.6) is 5.75 Å². The van der Waals surface area contributed by atoms with Crippen molar-refractivity contribution in [2.45, 2.75) is 12.8 Å². The minimum absolute atomic E-state index is 0.737. The summed E-state index contributed by atoms with van der Waals surface area (Å²) in [7, 11) is 0. The summed E-state index contributed by atoms with van der Waals surface area (Å²) in [6.45, 7) is 1.48. The average Bonchev–Trinajstić information content (AvgIpc) is 2.34. The molecular weight excluding hydrogens is 198 g/mol. The molecule has 0 atom stereocenters. The van der Waals surface area contributed by atoms with Crippen LogP contribution in [-0.2, 0) is 0 Å². The van der Waals surface area contributed by atoms with E-state index < -0.39 is 0 Å². The minimum Gasteiger partial charge on any atom is -0.494 e. The fourth-order valence-electron chi connectivity index (χ4n) is 1.69. The highest BCUT2D eigenvalue weighted by atomic mass is 16.5. The van der Waals surface area contributed by atoms with E-state index in [9.17, 15) is 0 Å². The maximum Gasteiger partial charge on any atom is 0.119 e. The summed E-state index contributed by atoms with van der Waals surface area (Å²) in [5.41, 5.74) is 5.43. The number of rotatable bonds is 5. The van der Waals surface area contributed by atoms with E-state index in [1.807, 2.05) is 18.2 Å². The van der Waals surface area contributed by atoms with Gasteiger partial charge in [-0.2, -0.15) is 0 Å². The second-order valence-electron chi connectivity index (χ2n) is 3.85. The van der Waals surface area contributed by atoms with Crippen LogP contribution in [0.25, 0.3) is 10.8 Å². The largest absolute Gasteiger partial charge is 0.494 e. The van der Waals surface area contributed by atoms with Crippen LogP contribution < -0.4 is 10.5 Å². The highest BCUT2D eigenvalue weighted by molar-refractivity contribution is 5.83. The number of fused-ring (bicyclic) bond motifs is 1. The molecule has 16 heavy (non-hydrogen) atoms. The molecule has 0 aliphatic rings. The topological polar surface area (TPSA) is 35.2 Å². The number of nitrogens with two attached hydrogens (primary N) is 1. The second-order valence-corrected chi connectivity index (χ2v) is 3.85. The predicted octanol–water partition coefficient (Wildman–Crippen LogP) is 2.96. The molecule has 0 aromatic heterocycles. The quantitative estimate of drug-likeness (QED) is 0.778. The van der Waals surface area contributed by atoms with Crippen molar-refractivity contribution in [3.8, 4) is 5.75 Å². The molecule has 84 valence electrons. The van der Waals surface area contributed by atoms with E-state index in [4.69, 9.17) is 10.5 Å². The van der Waals surface area contributed by atoms with Gasteiger partial charge in [-0.25, -0.2) is 0 Å². The Labute approximate surface area is 96.0 Å². The lowest BCUT2D eigenvalue weighted by Crippen LogP contribution is -2.03. The minimum atomic E-state index is 0.737. The summed E-state index contributed by atoms with van der Waals surface area (Å²) in [4.78, 5) is 0. The lowest BCUT2D eigenvalue weighted by molar-refractivity contribution is 0.308. The maximum absolute atomic E-state index is 5.66. The molecule has 0 spiro atoms. The SMILES string of the molecule is NCCCCOc1ccc2ccccc2c1. The Hall–Kier alpha value is -1.54. The van der Waals surface area contributed by atoms with Crippen molar-refractivity contribution in [2.75, 3.05) is 13.2 Å². The van der Waals surface area contributed by atoms with Crippen molar-refractivity contribution < 1.29 is 4.74 Å². The highest BCUT2D eigenvalue weighted by Crippen LogP contribution is 2.20. The summed E-state index contributed by atoms with van der Waals surface area (Å²) < 4.78 is 5.66. The van der Waals surface area contributed by atoms with Gasteiger partial charge in [-0.1, -0.05) is 30.3 Å². The Bertz CT molecular complexity index is 453. The molecule has 2 aromatic carbocycles. The van der Waals surface area contributed by atoms with Gasteiger partial charge in [0.1, 0.15) is 5.75 Å². The summed E-state index contributed by atoms with van der Waals surface area (Å²) in [6.07, 6.45) is 2.04. The van der Waals surface area contributed by atoms with E-state index in [0.717, 1.165) is 31.7 Å². The van der Waals surface area contributed by atoms with E-state index in [1.165, 1.54) is 10.8 Å². The first kappa shape index (κ1) is 11.0. The Morgan fingerprint density at radius 1 is 0.938 bits per heavy atom. The molecule has 2 nitrogen and oxygen atoms in total.